The number of thiazole rings is 1. The third kappa shape index (κ3) is 4.43. The van der Waals surface area contributed by atoms with Crippen LogP contribution in [-0.2, 0) is 26.2 Å². The second kappa shape index (κ2) is 8.99. The normalized spacial score (nSPS) is 14.5. The molecule has 1 fully saturated rings. The number of carbonyl (C=O) groups is 2. The molecule has 178 valence electrons. The van der Waals surface area contributed by atoms with Gasteiger partial charge in [0, 0.05) is 28.7 Å². The second-order valence-corrected chi connectivity index (χ2v) is 11.0. The van der Waals surface area contributed by atoms with Crippen LogP contribution in [0.3, 0.4) is 0 Å². The van der Waals surface area contributed by atoms with Crippen LogP contribution in [0.25, 0.3) is 11.3 Å². The van der Waals surface area contributed by atoms with E-state index in [2.05, 4.69) is 9.97 Å². The second-order valence-electron chi connectivity index (χ2n) is 7.74. The number of carbonyl (C=O) groups excluding carboxylic acids is 2. The molecule has 13 heteroatoms. The summed E-state index contributed by atoms with van der Waals surface area (Å²) in [4.78, 5) is 57.1. The molecule has 1 aliphatic heterocycles. The lowest BCUT2D eigenvalue weighted by Gasteiger charge is -2.33. The average Bonchev–Trinajstić information content (AvgIpc) is 3.20. The Morgan fingerprint density at radius 1 is 1.12 bits per heavy atom. The van der Waals surface area contributed by atoms with E-state index < -0.39 is 39.6 Å². The number of H-pyrrole nitrogens is 1. The van der Waals surface area contributed by atoms with Crippen molar-refractivity contribution in [3.63, 3.8) is 0 Å². The van der Waals surface area contributed by atoms with Gasteiger partial charge in [0.1, 0.15) is 13.1 Å². The number of aromatic amines is 1. The first-order chi connectivity index (χ1) is 16.1. The third-order valence-electron chi connectivity index (χ3n) is 5.36. The molecule has 0 bridgehead atoms. The Labute approximate surface area is 198 Å². The molecule has 34 heavy (non-hydrogen) atoms. The van der Waals surface area contributed by atoms with E-state index in [1.807, 2.05) is 30.3 Å². The lowest BCUT2D eigenvalue weighted by Crippen LogP contribution is -2.54. The number of rotatable bonds is 5. The van der Waals surface area contributed by atoms with E-state index in [1.165, 1.54) is 18.0 Å². The largest absolute Gasteiger partial charge is 0.330 e. The van der Waals surface area contributed by atoms with Gasteiger partial charge in [-0.3, -0.25) is 23.9 Å². The van der Waals surface area contributed by atoms with Gasteiger partial charge < -0.3 is 4.90 Å². The van der Waals surface area contributed by atoms with E-state index in [0.717, 1.165) is 25.8 Å². The molecular formula is C21H21N5O6S2. The standard InChI is InChI=1S/C21H21N5O6S2/c1-13-10-25(20(30)23-19(13)29)11-16(27)24-8-9-26(17(28)12-24)34(31,32)21-22-18(14(2)33-21)15-6-4-3-5-7-15/h3-7,10H,8-9,11-12H2,1-2H3,(H,23,29,30). The van der Waals surface area contributed by atoms with Gasteiger partial charge in [0.15, 0.2) is 0 Å². The van der Waals surface area contributed by atoms with Crippen LogP contribution in [0.1, 0.15) is 10.4 Å². The van der Waals surface area contributed by atoms with Crippen molar-refractivity contribution < 1.29 is 18.0 Å². The molecular weight excluding hydrogens is 482 g/mol. The van der Waals surface area contributed by atoms with Crippen LogP contribution in [0.15, 0.2) is 50.5 Å². The number of aryl methyl sites for hydroxylation is 2. The maximum absolute atomic E-state index is 13.1. The number of nitrogens with one attached hydrogen (secondary N) is 1. The molecule has 0 radical (unpaired) electrons. The Morgan fingerprint density at radius 3 is 2.50 bits per heavy atom. The van der Waals surface area contributed by atoms with E-state index >= 15 is 0 Å². The monoisotopic (exact) mass is 503 g/mol. The highest BCUT2D eigenvalue weighted by atomic mass is 32.2. The fourth-order valence-electron chi connectivity index (χ4n) is 3.55. The van der Waals surface area contributed by atoms with Crippen molar-refractivity contribution in [2.24, 2.45) is 0 Å². The zero-order valence-electron chi connectivity index (χ0n) is 18.3. The highest BCUT2D eigenvalue weighted by Gasteiger charge is 2.37. The molecule has 0 atom stereocenters. The lowest BCUT2D eigenvalue weighted by molar-refractivity contribution is -0.142. The number of nitrogens with zero attached hydrogens (tertiary/aromatic N) is 4. The molecule has 1 saturated heterocycles. The molecule has 1 N–H and O–H groups in total. The van der Waals surface area contributed by atoms with Gasteiger partial charge in [-0.1, -0.05) is 30.3 Å². The van der Waals surface area contributed by atoms with Crippen LogP contribution in [0.5, 0.6) is 0 Å². The van der Waals surface area contributed by atoms with E-state index in [0.29, 0.717) is 10.6 Å². The molecule has 4 rings (SSSR count). The molecule has 11 nitrogen and oxygen atoms in total. The average molecular weight is 504 g/mol. The van der Waals surface area contributed by atoms with Gasteiger partial charge >= 0.3 is 5.69 Å². The first-order valence-corrected chi connectivity index (χ1v) is 12.5. The van der Waals surface area contributed by atoms with Crippen LogP contribution in [0, 0.1) is 13.8 Å². The van der Waals surface area contributed by atoms with Crippen LogP contribution >= 0.6 is 11.3 Å². The molecule has 0 saturated carbocycles. The summed E-state index contributed by atoms with van der Waals surface area (Å²) in [6.45, 7) is 2.16. The molecule has 0 spiro atoms. The van der Waals surface area contributed by atoms with Crippen molar-refractivity contribution in [3.8, 4) is 11.3 Å². The highest BCUT2D eigenvalue weighted by Crippen LogP contribution is 2.31. The zero-order chi connectivity index (χ0) is 24.6. The third-order valence-corrected chi connectivity index (χ3v) is 8.51. The fraction of sp³-hybridized carbons (Fsp3) is 0.286. The SMILES string of the molecule is Cc1sc(S(=O)(=O)N2CCN(C(=O)Cn3cc(C)c(=O)[nH]c3=O)CC2=O)nc1-c1ccccc1. The lowest BCUT2D eigenvalue weighted by atomic mass is 10.1. The predicted molar refractivity (Wildman–Crippen MR) is 124 cm³/mol. The van der Waals surface area contributed by atoms with Gasteiger partial charge in [0.2, 0.25) is 10.2 Å². The van der Waals surface area contributed by atoms with Crippen LogP contribution in [0.2, 0.25) is 0 Å². The zero-order valence-corrected chi connectivity index (χ0v) is 20.0. The molecule has 2 aromatic heterocycles. The predicted octanol–water partition coefficient (Wildman–Crippen LogP) is 0.337. The fourth-order valence-corrected chi connectivity index (χ4v) is 6.31. The van der Waals surface area contributed by atoms with Crippen molar-refractivity contribution in [1.82, 2.24) is 23.7 Å². The molecule has 0 unspecified atom stereocenters. The highest BCUT2D eigenvalue weighted by molar-refractivity contribution is 7.91. The molecule has 3 heterocycles. The topological polar surface area (TPSA) is 143 Å². The summed E-state index contributed by atoms with van der Waals surface area (Å²) in [5.74, 6) is -1.31. The van der Waals surface area contributed by atoms with Crippen LogP contribution < -0.4 is 11.2 Å². The Bertz CT molecular complexity index is 1490. The number of hydrogen-bond donors (Lipinski definition) is 1. The van der Waals surface area contributed by atoms with Crippen molar-refractivity contribution in [1.29, 1.82) is 0 Å². The van der Waals surface area contributed by atoms with E-state index in [4.69, 9.17) is 0 Å². The van der Waals surface area contributed by atoms with Crippen molar-refractivity contribution in [3.05, 3.63) is 67.8 Å². The minimum atomic E-state index is -4.19. The first-order valence-electron chi connectivity index (χ1n) is 10.2. The smallest absolute Gasteiger partial charge is 0.328 e. The molecule has 1 aromatic carbocycles. The summed E-state index contributed by atoms with van der Waals surface area (Å²) >= 11 is 0.984. The van der Waals surface area contributed by atoms with Gasteiger partial charge in [-0.05, 0) is 13.8 Å². The Balaban J connectivity index is 1.50. The number of sulfonamides is 1. The minimum Gasteiger partial charge on any atom is -0.330 e. The van der Waals surface area contributed by atoms with Crippen molar-refractivity contribution in [2.45, 2.75) is 24.7 Å². The quantitative estimate of drug-likeness (QED) is 0.529. The maximum atomic E-state index is 13.1. The summed E-state index contributed by atoms with van der Waals surface area (Å²) in [6.07, 6.45) is 1.26. The Morgan fingerprint density at radius 2 is 1.82 bits per heavy atom. The number of benzene rings is 1. The van der Waals surface area contributed by atoms with E-state index in [-0.39, 0.29) is 29.5 Å². The Hall–Kier alpha value is -3.58. The van der Waals surface area contributed by atoms with Crippen molar-refractivity contribution >= 4 is 33.2 Å². The van der Waals surface area contributed by atoms with Gasteiger partial charge in [-0.25, -0.2) is 14.1 Å². The van der Waals surface area contributed by atoms with Crippen LogP contribution in [0.4, 0.5) is 0 Å². The molecule has 0 aliphatic carbocycles. The van der Waals surface area contributed by atoms with Crippen molar-refractivity contribution in [2.75, 3.05) is 19.6 Å². The minimum absolute atomic E-state index is 0.0310. The number of amides is 2. The summed E-state index contributed by atoms with van der Waals surface area (Å²) in [5, 5.41) is 0. The first kappa shape index (κ1) is 23.6. The Kier molecular flexibility index (Phi) is 6.23. The van der Waals surface area contributed by atoms with Crippen LogP contribution in [-0.4, -0.2) is 63.6 Å². The number of aromatic nitrogens is 3. The van der Waals surface area contributed by atoms with Gasteiger partial charge in [-0.15, -0.1) is 11.3 Å². The van der Waals surface area contributed by atoms with Gasteiger partial charge in [0.05, 0.1) is 12.2 Å². The van der Waals surface area contributed by atoms with Gasteiger partial charge in [-0.2, -0.15) is 8.42 Å². The van der Waals surface area contributed by atoms with E-state index in [9.17, 15) is 27.6 Å². The summed E-state index contributed by atoms with van der Waals surface area (Å²) < 4.78 is 27.9. The number of piperazine rings is 1. The molecule has 1 aliphatic rings. The van der Waals surface area contributed by atoms with Gasteiger partial charge in [0.25, 0.3) is 21.5 Å². The molecule has 2 amide bonds. The summed E-state index contributed by atoms with van der Waals surface area (Å²) in [6, 6.07) is 9.14. The summed E-state index contributed by atoms with van der Waals surface area (Å²) in [5.41, 5.74) is 0.271. The van der Waals surface area contributed by atoms with E-state index in [1.54, 1.807) is 6.92 Å². The number of hydrogen-bond acceptors (Lipinski definition) is 8. The summed E-state index contributed by atoms with van der Waals surface area (Å²) in [7, 11) is -4.19. The maximum Gasteiger partial charge on any atom is 0.328 e. The molecule has 3 aromatic rings.